The van der Waals surface area contributed by atoms with E-state index in [2.05, 4.69) is 0 Å². The highest BCUT2D eigenvalue weighted by molar-refractivity contribution is 5.97. The zero-order valence-corrected chi connectivity index (χ0v) is 10.1. The lowest BCUT2D eigenvalue weighted by Crippen LogP contribution is -2.40. The first-order chi connectivity index (χ1) is 9.65. The van der Waals surface area contributed by atoms with Crippen LogP contribution in [-0.2, 0) is 9.59 Å². The largest absolute Gasteiger partial charge is 0.480 e. The summed E-state index contributed by atoms with van der Waals surface area (Å²) in [7, 11) is 0. The second kappa shape index (κ2) is 6.20. The average molecular weight is 309 g/mol. The van der Waals surface area contributed by atoms with E-state index in [1.165, 1.54) is 0 Å². The molecule has 1 rings (SSSR count). The van der Waals surface area contributed by atoms with Crippen molar-refractivity contribution in [3.05, 3.63) is 34.9 Å². The molecule has 0 bridgehead atoms. The summed E-state index contributed by atoms with van der Waals surface area (Å²) in [5, 5.41) is 17.1. The van der Waals surface area contributed by atoms with Crippen molar-refractivity contribution in [2.45, 2.75) is 0 Å². The third kappa shape index (κ3) is 3.68. The van der Waals surface area contributed by atoms with Gasteiger partial charge in [0.05, 0.1) is 5.56 Å². The van der Waals surface area contributed by atoms with Crippen molar-refractivity contribution in [2.75, 3.05) is 13.1 Å². The molecule has 2 N–H and O–H groups in total. The molecule has 0 unspecified atom stereocenters. The Labute approximate surface area is 114 Å². The summed E-state index contributed by atoms with van der Waals surface area (Å²) in [4.78, 5) is 32.9. The first-order valence-corrected chi connectivity index (χ1v) is 5.21. The maximum Gasteiger partial charge on any atom is 0.323 e. The lowest BCUT2D eigenvalue weighted by atomic mass is 10.1. The van der Waals surface area contributed by atoms with Crippen molar-refractivity contribution in [1.82, 2.24) is 4.90 Å². The molecule has 0 spiro atoms. The van der Waals surface area contributed by atoms with E-state index in [1.54, 1.807) is 0 Å². The standard InChI is InChI=1S/C11H7F4NO5/c12-5-1-4(8(13)10(15)9(5)14)11(21)16(2-6(17)18)3-7(19)20/h1H,2-3H2,(H,17,18)(H,19,20). The Morgan fingerprint density at radius 1 is 0.905 bits per heavy atom. The van der Waals surface area contributed by atoms with E-state index in [0.717, 1.165) is 0 Å². The van der Waals surface area contributed by atoms with Crippen LogP contribution in [0, 0.1) is 23.3 Å². The van der Waals surface area contributed by atoms with E-state index >= 15 is 0 Å². The first kappa shape index (κ1) is 16.4. The first-order valence-electron chi connectivity index (χ1n) is 5.21. The Kier molecular flexibility index (Phi) is 4.84. The highest BCUT2D eigenvalue weighted by Crippen LogP contribution is 2.20. The fourth-order valence-electron chi connectivity index (χ4n) is 1.42. The minimum atomic E-state index is -2.26. The van der Waals surface area contributed by atoms with E-state index in [9.17, 15) is 31.9 Å². The minimum absolute atomic E-state index is 0.0206. The number of benzene rings is 1. The van der Waals surface area contributed by atoms with Gasteiger partial charge >= 0.3 is 11.9 Å². The minimum Gasteiger partial charge on any atom is -0.480 e. The summed E-state index contributed by atoms with van der Waals surface area (Å²) in [6, 6.07) is 0.0206. The van der Waals surface area contributed by atoms with Crippen LogP contribution in [0.15, 0.2) is 6.07 Å². The molecule has 0 heterocycles. The van der Waals surface area contributed by atoms with Crippen molar-refractivity contribution in [3.63, 3.8) is 0 Å². The fourth-order valence-corrected chi connectivity index (χ4v) is 1.42. The van der Waals surface area contributed by atoms with Crippen molar-refractivity contribution in [2.24, 2.45) is 0 Å². The molecule has 6 nitrogen and oxygen atoms in total. The van der Waals surface area contributed by atoms with Gasteiger partial charge in [-0.1, -0.05) is 0 Å². The van der Waals surface area contributed by atoms with Crippen molar-refractivity contribution >= 4 is 17.8 Å². The normalized spacial score (nSPS) is 10.3. The van der Waals surface area contributed by atoms with Crippen LogP contribution in [0.3, 0.4) is 0 Å². The maximum absolute atomic E-state index is 13.4. The molecule has 1 aromatic rings. The number of carbonyl (C=O) groups is 3. The van der Waals surface area contributed by atoms with Gasteiger partial charge in [-0.15, -0.1) is 0 Å². The van der Waals surface area contributed by atoms with E-state index in [-0.39, 0.29) is 11.0 Å². The third-order valence-electron chi connectivity index (χ3n) is 2.27. The average Bonchev–Trinajstić information content (AvgIpc) is 2.38. The molecule has 0 radical (unpaired) electrons. The van der Waals surface area contributed by atoms with Gasteiger partial charge in [0.2, 0.25) is 0 Å². The Morgan fingerprint density at radius 3 is 1.81 bits per heavy atom. The lowest BCUT2D eigenvalue weighted by Gasteiger charge is -2.19. The Balaban J connectivity index is 3.26. The highest BCUT2D eigenvalue weighted by atomic mass is 19.2. The molecule has 21 heavy (non-hydrogen) atoms. The molecular formula is C11H7F4NO5. The summed E-state index contributed by atoms with van der Waals surface area (Å²) in [6.45, 7) is -2.30. The molecule has 0 fully saturated rings. The maximum atomic E-state index is 13.4. The summed E-state index contributed by atoms with van der Waals surface area (Å²) < 4.78 is 52.1. The van der Waals surface area contributed by atoms with Crippen LogP contribution in [0.25, 0.3) is 0 Å². The predicted molar refractivity (Wildman–Crippen MR) is 57.4 cm³/mol. The van der Waals surface area contributed by atoms with Crippen molar-refractivity contribution in [3.8, 4) is 0 Å². The molecule has 0 saturated heterocycles. The quantitative estimate of drug-likeness (QED) is 0.478. The Morgan fingerprint density at radius 2 is 1.38 bits per heavy atom. The molecule has 0 aliphatic carbocycles. The van der Waals surface area contributed by atoms with Gasteiger partial charge in [-0.25, -0.2) is 17.6 Å². The van der Waals surface area contributed by atoms with Crippen LogP contribution < -0.4 is 0 Å². The number of amides is 1. The van der Waals surface area contributed by atoms with Crippen LogP contribution in [0.1, 0.15) is 10.4 Å². The van der Waals surface area contributed by atoms with E-state index in [1.807, 2.05) is 0 Å². The van der Waals surface area contributed by atoms with Gasteiger partial charge in [-0.3, -0.25) is 14.4 Å². The number of halogens is 4. The molecule has 0 aliphatic heterocycles. The number of carboxylic acids is 2. The van der Waals surface area contributed by atoms with Gasteiger partial charge in [0, 0.05) is 0 Å². The number of hydrogen-bond acceptors (Lipinski definition) is 3. The van der Waals surface area contributed by atoms with E-state index in [4.69, 9.17) is 10.2 Å². The smallest absolute Gasteiger partial charge is 0.323 e. The van der Waals surface area contributed by atoms with Gasteiger partial charge in [-0.2, -0.15) is 0 Å². The second-order valence-electron chi connectivity index (χ2n) is 3.80. The summed E-state index contributed by atoms with van der Waals surface area (Å²) in [5.74, 6) is -13.2. The van der Waals surface area contributed by atoms with Crippen molar-refractivity contribution in [1.29, 1.82) is 0 Å². The molecule has 1 amide bonds. The fraction of sp³-hybridized carbons (Fsp3) is 0.182. The lowest BCUT2D eigenvalue weighted by molar-refractivity contribution is -0.140. The molecule has 0 aliphatic rings. The number of carbonyl (C=O) groups excluding carboxylic acids is 1. The van der Waals surface area contributed by atoms with Crippen LogP contribution >= 0.6 is 0 Å². The monoisotopic (exact) mass is 309 g/mol. The molecular weight excluding hydrogens is 302 g/mol. The van der Waals surface area contributed by atoms with Crippen LogP contribution in [0.5, 0.6) is 0 Å². The zero-order valence-electron chi connectivity index (χ0n) is 10.1. The van der Waals surface area contributed by atoms with Gasteiger partial charge < -0.3 is 15.1 Å². The highest BCUT2D eigenvalue weighted by Gasteiger charge is 2.28. The van der Waals surface area contributed by atoms with E-state index in [0.29, 0.717) is 0 Å². The van der Waals surface area contributed by atoms with Gasteiger partial charge in [0.25, 0.3) is 5.91 Å². The SMILES string of the molecule is O=C(O)CN(CC(=O)O)C(=O)c1cc(F)c(F)c(F)c1F. The van der Waals surface area contributed by atoms with E-state index < -0.39 is 59.8 Å². The summed E-state index contributed by atoms with van der Waals surface area (Å²) in [5.41, 5.74) is -1.31. The van der Waals surface area contributed by atoms with Gasteiger partial charge in [-0.05, 0) is 6.07 Å². The van der Waals surface area contributed by atoms with Crippen molar-refractivity contribution < 1.29 is 42.2 Å². The molecule has 0 atom stereocenters. The Bertz CT molecular complexity index is 603. The van der Waals surface area contributed by atoms with Crippen LogP contribution in [0.2, 0.25) is 0 Å². The van der Waals surface area contributed by atoms with Crippen LogP contribution in [-0.4, -0.2) is 46.0 Å². The predicted octanol–water partition coefficient (Wildman–Crippen LogP) is 0.854. The number of rotatable bonds is 5. The molecule has 0 saturated carbocycles. The molecule has 114 valence electrons. The number of nitrogens with zero attached hydrogens (tertiary/aromatic N) is 1. The number of aliphatic carboxylic acids is 2. The second-order valence-corrected chi connectivity index (χ2v) is 3.80. The Hall–Kier alpha value is -2.65. The summed E-state index contributed by atoms with van der Waals surface area (Å²) >= 11 is 0. The van der Waals surface area contributed by atoms with Crippen LogP contribution in [0.4, 0.5) is 17.6 Å². The zero-order chi connectivity index (χ0) is 16.3. The topological polar surface area (TPSA) is 94.9 Å². The third-order valence-corrected chi connectivity index (χ3v) is 2.27. The molecule has 10 heteroatoms. The molecule has 1 aromatic carbocycles. The summed E-state index contributed by atoms with van der Waals surface area (Å²) in [6.07, 6.45) is 0. The number of carboxylic acid groups (broad SMARTS) is 2. The van der Waals surface area contributed by atoms with Gasteiger partial charge in [0.1, 0.15) is 13.1 Å². The van der Waals surface area contributed by atoms with Gasteiger partial charge in [0.15, 0.2) is 23.3 Å². The number of hydrogen-bond donors (Lipinski definition) is 2. The molecule has 0 aromatic heterocycles.